The summed E-state index contributed by atoms with van der Waals surface area (Å²) in [5, 5.41) is 0. The lowest BCUT2D eigenvalue weighted by atomic mass is 9.69. The van der Waals surface area contributed by atoms with Gasteiger partial charge in [0, 0.05) is 0 Å². The minimum atomic E-state index is 0.278. The fourth-order valence-electron chi connectivity index (χ4n) is 3.90. The highest BCUT2D eigenvalue weighted by Gasteiger charge is 2.31. The third-order valence-corrected chi connectivity index (χ3v) is 5.24. The SMILES string of the molecule is CC(C)(C)C(CCC(c1ccccc1)C(C)(C)C)c1ccccc1. The molecule has 0 saturated carbocycles. The Labute approximate surface area is 149 Å². The molecule has 0 amide bonds. The van der Waals surface area contributed by atoms with Crippen LogP contribution < -0.4 is 0 Å². The highest BCUT2D eigenvalue weighted by molar-refractivity contribution is 5.24. The Morgan fingerprint density at radius 1 is 0.542 bits per heavy atom. The van der Waals surface area contributed by atoms with E-state index in [4.69, 9.17) is 0 Å². The van der Waals surface area contributed by atoms with Crippen LogP contribution in [0.5, 0.6) is 0 Å². The van der Waals surface area contributed by atoms with Gasteiger partial charge in [-0.2, -0.15) is 0 Å². The molecule has 0 nitrogen and oxygen atoms in total. The fraction of sp³-hybridized carbons (Fsp3) is 0.500. The van der Waals surface area contributed by atoms with Crippen molar-refractivity contribution in [2.75, 3.05) is 0 Å². The zero-order valence-electron chi connectivity index (χ0n) is 16.3. The van der Waals surface area contributed by atoms with E-state index in [9.17, 15) is 0 Å². The van der Waals surface area contributed by atoms with Gasteiger partial charge >= 0.3 is 0 Å². The van der Waals surface area contributed by atoms with Gasteiger partial charge in [-0.05, 0) is 46.6 Å². The molecule has 0 radical (unpaired) electrons. The van der Waals surface area contributed by atoms with Crippen molar-refractivity contribution in [1.29, 1.82) is 0 Å². The van der Waals surface area contributed by atoms with Crippen LogP contribution in [-0.4, -0.2) is 0 Å². The van der Waals surface area contributed by atoms with Gasteiger partial charge in [-0.15, -0.1) is 0 Å². The molecule has 0 aromatic heterocycles. The van der Waals surface area contributed by atoms with Crippen LogP contribution in [0.3, 0.4) is 0 Å². The normalized spacial score (nSPS) is 15.1. The number of hydrogen-bond donors (Lipinski definition) is 0. The van der Waals surface area contributed by atoms with Crippen LogP contribution >= 0.6 is 0 Å². The molecule has 2 rings (SSSR count). The van der Waals surface area contributed by atoms with Crippen LogP contribution in [0.4, 0.5) is 0 Å². The first kappa shape index (κ1) is 18.8. The molecule has 0 heterocycles. The molecular weight excluding hydrogens is 288 g/mol. The smallest absolute Gasteiger partial charge is 0.0113 e. The highest BCUT2D eigenvalue weighted by atomic mass is 14.4. The van der Waals surface area contributed by atoms with Gasteiger partial charge in [-0.25, -0.2) is 0 Å². The molecule has 130 valence electrons. The first-order valence-corrected chi connectivity index (χ1v) is 9.29. The topological polar surface area (TPSA) is 0 Å². The maximum atomic E-state index is 2.37. The lowest BCUT2D eigenvalue weighted by molar-refractivity contribution is 0.252. The lowest BCUT2D eigenvalue weighted by Gasteiger charge is -2.36. The molecule has 0 heteroatoms. The zero-order chi connectivity index (χ0) is 17.8. The van der Waals surface area contributed by atoms with Gasteiger partial charge in [-0.3, -0.25) is 0 Å². The Morgan fingerprint density at radius 3 is 1.08 bits per heavy atom. The Balaban J connectivity index is 2.23. The van der Waals surface area contributed by atoms with E-state index in [1.54, 1.807) is 0 Å². The van der Waals surface area contributed by atoms with E-state index in [1.807, 2.05) is 0 Å². The molecule has 0 fully saturated rings. The quantitative estimate of drug-likeness (QED) is 0.537. The number of benzene rings is 2. The van der Waals surface area contributed by atoms with Crippen LogP contribution in [0.2, 0.25) is 0 Å². The van der Waals surface area contributed by atoms with E-state index >= 15 is 0 Å². The summed E-state index contributed by atoms with van der Waals surface area (Å²) in [7, 11) is 0. The molecule has 0 N–H and O–H groups in total. The van der Waals surface area contributed by atoms with Gasteiger partial charge in [0.15, 0.2) is 0 Å². The summed E-state index contributed by atoms with van der Waals surface area (Å²) in [5.74, 6) is 1.18. The number of rotatable bonds is 5. The van der Waals surface area contributed by atoms with Gasteiger partial charge in [-0.1, -0.05) is 102 Å². The highest BCUT2D eigenvalue weighted by Crippen LogP contribution is 2.44. The molecule has 0 aliphatic carbocycles. The van der Waals surface area contributed by atoms with Crippen molar-refractivity contribution in [3.8, 4) is 0 Å². The van der Waals surface area contributed by atoms with Gasteiger partial charge in [0.05, 0.1) is 0 Å². The lowest BCUT2D eigenvalue weighted by Crippen LogP contribution is -2.23. The second-order valence-corrected chi connectivity index (χ2v) is 9.24. The fourth-order valence-corrected chi connectivity index (χ4v) is 3.90. The van der Waals surface area contributed by atoms with Crippen molar-refractivity contribution in [2.24, 2.45) is 10.8 Å². The second-order valence-electron chi connectivity index (χ2n) is 9.24. The van der Waals surface area contributed by atoms with Gasteiger partial charge in [0.25, 0.3) is 0 Å². The summed E-state index contributed by atoms with van der Waals surface area (Å²) in [5.41, 5.74) is 3.51. The van der Waals surface area contributed by atoms with Crippen molar-refractivity contribution in [2.45, 2.75) is 66.2 Å². The van der Waals surface area contributed by atoms with E-state index in [-0.39, 0.29) is 10.8 Å². The van der Waals surface area contributed by atoms with Gasteiger partial charge in [0.2, 0.25) is 0 Å². The van der Waals surface area contributed by atoms with Crippen LogP contribution in [0.15, 0.2) is 60.7 Å². The largest absolute Gasteiger partial charge is 0.0622 e. The maximum absolute atomic E-state index is 2.37. The van der Waals surface area contributed by atoms with E-state index < -0.39 is 0 Å². The van der Waals surface area contributed by atoms with Gasteiger partial charge < -0.3 is 0 Å². The predicted molar refractivity (Wildman–Crippen MR) is 107 cm³/mol. The van der Waals surface area contributed by atoms with E-state index in [1.165, 1.54) is 24.0 Å². The Bertz CT molecular complexity index is 538. The monoisotopic (exact) mass is 322 g/mol. The summed E-state index contributed by atoms with van der Waals surface area (Å²) in [6.45, 7) is 14.2. The molecular formula is C24H34. The molecule has 0 bridgehead atoms. The van der Waals surface area contributed by atoms with E-state index in [0.717, 1.165) is 0 Å². The van der Waals surface area contributed by atoms with E-state index in [0.29, 0.717) is 11.8 Å². The Hall–Kier alpha value is -1.56. The third-order valence-electron chi connectivity index (χ3n) is 5.24. The maximum Gasteiger partial charge on any atom is -0.0113 e. The van der Waals surface area contributed by atoms with Crippen molar-refractivity contribution in [3.05, 3.63) is 71.8 Å². The minimum Gasteiger partial charge on any atom is -0.0622 e. The molecule has 2 unspecified atom stereocenters. The molecule has 0 spiro atoms. The summed E-state index contributed by atoms with van der Waals surface area (Å²) in [4.78, 5) is 0. The first-order valence-electron chi connectivity index (χ1n) is 9.29. The summed E-state index contributed by atoms with van der Waals surface area (Å²) < 4.78 is 0. The third kappa shape index (κ3) is 4.97. The van der Waals surface area contributed by atoms with Crippen molar-refractivity contribution < 1.29 is 0 Å². The average molecular weight is 323 g/mol. The molecule has 2 atom stereocenters. The second kappa shape index (κ2) is 7.55. The molecule has 2 aromatic rings. The Morgan fingerprint density at radius 2 is 0.833 bits per heavy atom. The minimum absolute atomic E-state index is 0.278. The average Bonchev–Trinajstić information content (AvgIpc) is 2.51. The standard InChI is InChI=1S/C24H34/c1-23(2,3)21(19-13-9-7-10-14-19)17-18-22(24(4,5)6)20-15-11-8-12-16-20/h7-16,21-22H,17-18H2,1-6H3. The summed E-state index contributed by atoms with van der Waals surface area (Å²) >= 11 is 0. The first-order chi connectivity index (χ1) is 11.2. The van der Waals surface area contributed by atoms with Crippen molar-refractivity contribution in [3.63, 3.8) is 0 Å². The molecule has 0 saturated heterocycles. The van der Waals surface area contributed by atoms with Crippen LogP contribution in [0, 0.1) is 10.8 Å². The molecule has 24 heavy (non-hydrogen) atoms. The van der Waals surface area contributed by atoms with Gasteiger partial charge in [0.1, 0.15) is 0 Å². The van der Waals surface area contributed by atoms with E-state index in [2.05, 4.69) is 102 Å². The summed E-state index contributed by atoms with van der Waals surface area (Å²) in [6.07, 6.45) is 2.45. The van der Waals surface area contributed by atoms with Crippen molar-refractivity contribution >= 4 is 0 Å². The van der Waals surface area contributed by atoms with Crippen LogP contribution in [0.25, 0.3) is 0 Å². The van der Waals surface area contributed by atoms with Crippen LogP contribution in [0.1, 0.15) is 77.3 Å². The predicted octanol–water partition coefficient (Wildman–Crippen LogP) is 7.43. The molecule has 0 aliphatic rings. The number of hydrogen-bond acceptors (Lipinski definition) is 0. The molecule has 0 aliphatic heterocycles. The Kier molecular flexibility index (Phi) is 5.91. The zero-order valence-corrected chi connectivity index (χ0v) is 16.3. The van der Waals surface area contributed by atoms with Crippen molar-refractivity contribution in [1.82, 2.24) is 0 Å². The molecule has 2 aromatic carbocycles. The van der Waals surface area contributed by atoms with Crippen LogP contribution in [-0.2, 0) is 0 Å². The summed E-state index contributed by atoms with van der Waals surface area (Å²) in [6, 6.07) is 22.1.